The van der Waals surface area contributed by atoms with E-state index >= 15 is 0 Å². The maximum atomic E-state index is 12.6. The SMILES string of the molecule is CC/C=C\C/C=C\C/C=C\C/C=C\C/C=C\CCCCCCCCCCCCCCCCCCCCCCCC(=O)OC(COC(=O)CCCCCCCCC)COP(=O)(O)OCCN. The van der Waals surface area contributed by atoms with Crippen molar-refractivity contribution in [3.8, 4) is 0 Å². The number of nitrogens with two attached hydrogens (primary N) is 1. The maximum absolute atomic E-state index is 12.6. The van der Waals surface area contributed by atoms with E-state index in [0.29, 0.717) is 6.42 Å². The van der Waals surface area contributed by atoms with Crippen LogP contribution in [-0.2, 0) is 32.7 Å². The van der Waals surface area contributed by atoms with Crippen molar-refractivity contribution in [2.45, 2.75) is 251 Å². The third kappa shape index (κ3) is 51.0. The van der Waals surface area contributed by atoms with Crippen molar-refractivity contribution in [3.05, 3.63) is 60.8 Å². The van der Waals surface area contributed by atoms with E-state index in [1.54, 1.807) is 0 Å². The van der Waals surface area contributed by atoms with Crippen LogP contribution in [-0.4, -0.2) is 49.3 Å². The Morgan fingerprint density at radius 2 is 0.846 bits per heavy atom. The van der Waals surface area contributed by atoms with Crippen LogP contribution in [0.1, 0.15) is 245 Å². The Hall–Kier alpha value is -2.29. The fourth-order valence-corrected chi connectivity index (χ4v) is 8.25. The quantitative estimate of drug-likeness (QED) is 0.0265. The molecule has 0 rings (SSSR count). The minimum Gasteiger partial charge on any atom is -0.462 e. The van der Waals surface area contributed by atoms with Crippen LogP contribution < -0.4 is 5.73 Å². The fourth-order valence-electron chi connectivity index (χ4n) is 7.49. The first-order valence-corrected chi connectivity index (χ1v) is 28.3. The molecule has 65 heavy (non-hydrogen) atoms. The predicted molar refractivity (Wildman–Crippen MR) is 275 cm³/mol. The second-order valence-electron chi connectivity index (χ2n) is 17.7. The number of ether oxygens (including phenoxy) is 2. The summed E-state index contributed by atoms with van der Waals surface area (Å²) in [6.45, 7) is 3.59. The maximum Gasteiger partial charge on any atom is 0.472 e. The molecular weight excluding hydrogens is 834 g/mol. The molecule has 0 aliphatic heterocycles. The molecule has 0 amide bonds. The number of unbranched alkanes of at least 4 members (excludes halogenated alkanes) is 27. The first-order valence-electron chi connectivity index (χ1n) is 26.8. The molecule has 378 valence electrons. The van der Waals surface area contributed by atoms with Gasteiger partial charge in [-0.15, -0.1) is 0 Å². The lowest BCUT2D eigenvalue weighted by atomic mass is 10.0. The van der Waals surface area contributed by atoms with Crippen LogP contribution in [0, 0.1) is 0 Å². The average molecular weight is 934 g/mol. The van der Waals surface area contributed by atoms with Gasteiger partial charge in [-0.3, -0.25) is 18.6 Å². The molecule has 0 aromatic rings. The molecule has 0 bridgehead atoms. The lowest BCUT2D eigenvalue weighted by Gasteiger charge is -2.19. The molecule has 9 nitrogen and oxygen atoms in total. The molecule has 2 atom stereocenters. The normalized spacial score (nSPS) is 13.6. The minimum atomic E-state index is -4.37. The molecule has 2 unspecified atom stereocenters. The van der Waals surface area contributed by atoms with E-state index < -0.39 is 26.5 Å². The van der Waals surface area contributed by atoms with Gasteiger partial charge in [-0.2, -0.15) is 0 Å². The van der Waals surface area contributed by atoms with Gasteiger partial charge in [-0.25, -0.2) is 4.57 Å². The van der Waals surface area contributed by atoms with Gasteiger partial charge in [0.05, 0.1) is 13.2 Å². The topological polar surface area (TPSA) is 134 Å². The summed E-state index contributed by atoms with van der Waals surface area (Å²) < 4.78 is 32.7. The smallest absolute Gasteiger partial charge is 0.462 e. The molecule has 0 aliphatic rings. The van der Waals surface area contributed by atoms with Crippen LogP contribution in [0.25, 0.3) is 0 Å². The molecule has 0 aromatic heterocycles. The highest BCUT2D eigenvalue weighted by Crippen LogP contribution is 2.43. The molecular formula is C55H100NO8P. The van der Waals surface area contributed by atoms with Gasteiger partial charge in [-0.05, 0) is 57.8 Å². The van der Waals surface area contributed by atoms with Crippen LogP contribution in [0.5, 0.6) is 0 Å². The van der Waals surface area contributed by atoms with Gasteiger partial charge in [0.2, 0.25) is 0 Å². The Kier molecular flexibility index (Phi) is 49.3. The van der Waals surface area contributed by atoms with Crippen molar-refractivity contribution < 1.29 is 37.6 Å². The van der Waals surface area contributed by atoms with E-state index in [1.165, 1.54) is 148 Å². The Bertz CT molecular complexity index is 1250. The molecule has 0 spiro atoms. The van der Waals surface area contributed by atoms with Gasteiger partial charge in [0.25, 0.3) is 0 Å². The number of hydrogen-bond donors (Lipinski definition) is 2. The van der Waals surface area contributed by atoms with Gasteiger partial charge < -0.3 is 20.1 Å². The van der Waals surface area contributed by atoms with Gasteiger partial charge in [0.1, 0.15) is 6.61 Å². The highest BCUT2D eigenvalue weighted by molar-refractivity contribution is 7.47. The third-order valence-corrected chi connectivity index (χ3v) is 12.4. The Morgan fingerprint density at radius 1 is 0.477 bits per heavy atom. The first kappa shape index (κ1) is 62.7. The van der Waals surface area contributed by atoms with E-state index in [2.05, 4.69) is 74.6 Å². The van der Waals surface area contributed by atoms with Crippen LogP contribution in [0.4, 0.5) is 0 Å². The molecule has 10 heteroatoms. The van der Waals surface area contributed by atoms with Gasteiger partial charge in [0.15, 0.2) is 6.10 Å². The van der Waals surface area contributed by atoms with E-state index in [9.17, 15) is 19.0 Å². The molecule has 0 aromatic carbocycles. The van der Waals surface area contributed by atoms with Crippen molar-refractivity contribution >= 4 is 19.8 Å². The van der Waals surface area contributed by atoms with E-state index in [4.69, 9.17) is 24.3 Å². The Balaban J connectivity index is 3.72. The van der Waals surface area contributed by atoms with Gasteiger partial charge in [-0.1, -0.05) is 235 Å². The summed E-state index contributed by atoms with van der Waals surface area (Å²) in [6.07, 6.45) is 63.2. The van der Waals surface area contributed by atoms with Crippen LogP contribution in [0.3, 0.4) is 0 Å². The molecule has 0 aliphatic carbocycles. The summed E-state index contributed by atoms with van der Waals surface area (Å²) in [5.41, 5.74) is 5.35. The van der Waals surface area contributed by atoms with Crippen LogP contribution in [0.2, 0.25) is 0 Å². The molecule has 0 saturated heterocycles. The first-order chi connectivity index (χ1) is 31.8. The van der Waals surface area contributed by atoms with E-state index in [1.807, 2.05) is 0 Å². The number of esters is 2. The van der Waals surface area contributed by atoms with Crippen LogP contribution in [0.15, 0.2) is 60.8 Å². The third-order valence-electron chi connectivity index (χ3n) is 11.4. The summed E-state index contributed by atoms with van der Waals surface area (Å²) in [4.78, 5) is 34.8. The molecule has 0 saturated carbocycles. The van der Waals surface area contributed by atoms with Crippen molar-refractivity contribution in [1.82, 2.24) is 0 Å². The Labute approximate surface area is 399 Å². The number of rotatable bonds is 50. The molecule has 0 heterocycles. The average Bonchev–Trinajstić information content (AvgIpc) is 3.30. The number of carbonyl (C=O) groups is 2. The van der Waals surface area contributed by atoms with Gasteiger partial charge >= 0.3 is 19.8 Å². The van der Waals surface area contributed by atoms with Crippen molar-refractivity contribution in [3.63, 3.8) is 0 Å². The highest BCUT2D eigenvalue weighted by Gasteiger charge is 2.26. The number of phosphoric ester groups is 1. The standard InChI is InChI=1S/C55H100NO8P/c1-3-5-7-9-11-12-13-14-15-16-17-18-19-20-21-22-23-24-25-26-27-28-29-30-31-32-33-34-35-36-37-38-39-40-42-44-46-48-55(58)64-53(52-63-65(59,60)62-50-49-56)51-61-54(57)47-45-43-41-10-8-6-4-2/h5,7,11-12,14-15,17-18,20-21,53H,3-4,6,8-10,13,16,19,22-52,56H2,1-2H3,(H,59,60)/b7-5-,12-11-,15-14-,18-17-,21-20-. The lowest BCUT2D eigenvalue weighted by Crippen LogP contribution is -2.29. The Morgan fingerprint density at radius 3 is 1.26 bits per heavy atom. The largest absolute Gasteiger partial charge is 0.472 e. The zero-order valence-corrected chi connectivity index (χ0v) is 42.9. The molecule has 3 N–H and O–H groups in total. The number of hydrogen-bond acceptors (Lipinski definition) is 8. The monoisotopic (exact) mass is 934 g/mol. The molecule has 0 fully saturated rings. The fraction of sp³-hybridized carbons (Fsp3) is 0.782. The zero-order chi connectivity index (χ0) is 47.4. The summed E-state index contributed by atoms with van der Waals surface area (Å²) in [7, 11) is -4.37. The van der Waals surface area contributed by atoms with Crippen molar-refractivity contribution in [2.24, 2.45) is 5.73 Å². The summed E-state index contributed by atoms with van der Waals surface area (Å²) in [6, 6.07) is 0. The zero-order valence-electron chi connectivity index (χ0n) is 42.0. The highest BCUT2D eigenvalue weighted by atomic mass is 31.2. The van der Waals surface area contributed by atoms with Gasteiger partial charge in [0, 0.05) is 19.4 Å². The van der Waals surface area contributed by atoms with Crippen molar-refractivity contribution in [1.29, 1.82) is 0 Å². The number of phosphoric acid groups is 1. The van der Waals surface area contributed by atoms with E-state index in [-0.39, 0.29) is 38.6 Å². The lowest BCUT2D eigenvalue weighted by molar-refractivity contribution is -0.161. The van der Waals surface area contributed by atoms with E-state index in [0.717, 1.165) is 64.2 Å². The summed E-state index contributed by atoms with van der Waals surface area (Å²) in [5.74, 6) is -0.827. The number of allylic oxidation sites excluding steroid dienone is 10. The predicted octanol–water partition coefficient (Wildman–Crippen LogP) is 16.4. The summed E-state index contributed by atoms with van der Waals surface area (Å²) >= 11 is 0. The van der Waals surface area contributed by atoms with Crippen LogP contribution >= 0.6 is 7.82 Å². The molecule has 0 radical (unpaired) electrons. The second-order valence-corrected chi connectivity index (χ2v) is 19.2. The number of carbonyl (C=O) groups excluding carboxylic acids is 2. The second kappa shape index (κ2) is 51.1. The minimum absolute atomic E-state index is 0.0545. The van der Waals surface area contributed by atoms with Crippen molar-refractivity contribution in [2.75, 3.05) is 26.4 Å². The summed E-state index contributed by atoms with van der Waals surface area (Å²) in [5, 5.41) is 0.